The van der Waals surface area contributed by atoms with Gasteiger partial charge in [-0.15, -0.1) is 0 Å². The van der Waals surface area contributed by atoms with Crippen molar-refractivity contribution in [2.45, 2.75) is 0 Å². The monoisotopic (exact) mass is 402 g/mol. The van der Waals surface area contributed by atoms with Crippen molar-refractivity contribution in [2.75, 3.05) is 0 Å². The van der Waals surface area contributed by atoms with Gasteiger partial charge in [0, 0.05) is 12.1 Å². The van der Waals surface area contributed by atoms with Crippen molar-refractivity contribution in [1.29, 1.82) is 0 Å². The maximum atomic E-state index is 11.7. The Labute approximate surface area is 155 Å². The maximum Gasteiger partial charge on any atom is 0.276 e. The minimum absolute atomic E-state index is 0.218. The van der Waals surface area contributed by atoms with Gasteiger partial charge in [0.25, 0.3) is 10.9 Å². The average Bonchev–Trinajstić information content (AvgIpc) is 2.56. The van der Waals surface area contributed by atoms with E-state index in [1.54, 1.807) is 0 Å². The van der Waals surface area contributed by atoms with Crippen LogP contribution in [0.25, 0.3) is 0 Å². The predicted molar refractivity (Wildman–Crippen MR) is 94.4 cm³/mol. The van der Waals surface area contributed by atoms with Crippen molar-refractivity contribution in [3.63, 3.8) is 0 Å². The van der Waals surface area contributed by atoms with E-state index in [2.05, 4.69) is 0 Å². The van der Waals surface area contributed by atoms with E-state index in [0.29, 0.717) is 10.0 Å². The van der Waals surface area contributed by atoms with Gasteiger partial charge in [0.05, 0.1) is 20.1 Å². The minimum atomic E-state index is -0.795. The van der Waals surface area contributed by atoms with Gasteiger partial charge < -0.3 is 9.47 Å². The molecule has 0 saturated carbocycles. The van der Waals surface area contributed by atoms with Gasteiger partial charge in [-0.1, -0.05) is 46.4 Å². The second kappa shape index (κ2) is 6.65. The first-order chi connectivity index (χ1) is 11.4. The molecular weight excluding hydrogens is 398 g/mol. The van der Waals surface area contributed by atoms with Gasteiger partial charge in [-0.05, 0) is 24.3 Å². The van der Waals surface area contributed by atoms with Crippen LogP contribution < -0.4 is 20.3 Å². The van der Waals surface area contributed by atoms with Gasteiger partial charge in [-0.2, -0.15) is 0 Å². The van der Waals surface area contributed by atoms with E-state index in [9.17, 15) is 9.59 Å². The molecule has 0 aliphatic carbocycles. The molecule has 24 heavy (non-hydrogen) atoms. The Hall–Kier alpha value is -1.72. The first kappa shape index (κ1) is 17.1. The molecule has 0 aromatic heterocycles. The number of hydrogen-bond acceptors (Lipinski definition) is 4. The molecule has 0 heterocycles. The molecule has 0 amide bonds. The highest BCUT2D eigenvalue weighted by Crippen LogP contribution is 2.35. The highest BCUT2D eigenvalue weighted by Gasteiger charge is 2.26. The summed E-state index contributed by atoms with van der Waals surface area (Å²) in [5, 5.41) is 1.17. The van der Waals surface area contributed by atoms with Gasteiger partial charge in [-0.25, -0.2) is 0 Å². The Morgan fingerprint density at radius 3 is 1.29 bits per heavy atom. The van der Waals surface area contributed by atoms with E-state index in [4.69, 9.17) is 55.9 Å². The quantitative estimate of drug-likeness (QED) is 0.541. The molecule has 122 valence electrons. The highest BCUT2D eigenvalue weighted by atomic mass is 35.5. The molecule has 0 aliphatic heterocycles. The number of halogens is 4. The number of benzene rings is 2. The number of hydrogen-bond donors (Lipinski definition) is 0. The summed E-state index contributed by atoms with van der Waals surface area (Å²) in [7, 11) is 0. The van der Waals surface area contributed by atoms with Crippen molar-refractivity contribution < 1.29 is 9.47 Å². The molecule has 0 spiro atoms. The van der Waals surface area contributed by atoms with E-state index in [1.807, 2.05) is 0 Å². The van der Waals surface area contributed by atoms with Crippen molar-refractivity contribution in [2.24, 2.45) is 0 Å². The normalized spacial score (nSPS) is 10.8. The molecule has 0 unspecified atom stereocenters. The highest BCUT2D eigenvalue weighted by molar-refractivity contribution is 6.42. The van der Waals surface area contributed by atoms with Crippen molar-refractivity contribution in [3.05, 3.63) is 76.9 Å². The summed E-state index contributed by atoms with van der Waals surface area (Å²) in [6, 6.07) is 8.87. The zero-order valence-electron chi connectivity index (χ0n) is 11.6. The van der Waals surface area contributed by atoms with Crippen LogP contribution in [0.1, 0.15) is 0 Å². The molecule has 3 aromatic rings. The van der Waals surface area contributed by atoms with Crippen LogP contribution in [0.4, 0.5) is 0 Å². The van der Waals surface area contributed by atoms with Gasteiger partial charge >= 0.3 is 0 Å². The van der Waals surface area contributed by atoms with Crippen LogP contribution in [-0.4, -0.2) is 0 Å². The minimum Gasteiger partial charge on any atom is -0.449 e. The number of ether oxygens (including phenoxy) is 2. The lowest BCUT2D eigenvalue weighted by Gasteiger charge is -2.13. The van der Waals surface area contributed by atoms with E-state index in [0.717, 1.165) is 0 Å². The molecule has 8 heteroatoms. The van der Waals surface area contributed by atoms with Crippen molar-refractivity contribution in [3.8, 4) is 23.0 Å². The van der Waals surface area contributed by atoms with Crippen LogP contribution in [0.3, 0.4) is 0 Å². The van der Waals surface area contributed by atoms with Gasteiger partial charge in [0.15, 0.2) is 0 Å². The lowest BCUT2D eigenvalue weighted by Crippen LogP contribution is -2.32. The Kier molecular flexibility index (Phi) is 4.74. The van der Waals surface area contributed by atoms with Crippen LogP contribution >= 0.6 is 46.4 Å². The largest absolute Gasteiger partial charge is 0.449 e. The van der Waals surface area contributed by atoms with Crippen LogP contribution in [0.15, 0.2) is 46.0 Å². The van der Waals surface area contributed by atoms with E-state index >= 15 is 0 Å². The summed E-state index contributed by atoms with van der Waals surface area (Å²) < 4.78 is 10.8. The molecule has 0 radical (unpaired) electrons. The van der Waals surface area contributed by atoms with E-state index in [1.165, 1.54) is 36.4 Å². The third kappa shape index (κ3) is 3.23. The van der Waals surface area contributed by atoms with Gasteiger partial charge in [-0.3, -0.25) is 9.59 Å². The molecule has 0 atom stereocenters. The Balaban J connectivity index is 1.89. The fourth-order valence-corrected chi connectivity index (χ4v) is 2.43. The van der Waals surface area contributed by atoms with Crippen molar-refractivity contribution >= 4 is 46.4 Å². The van der Waals surface area contributed by atoms with Gasteiger partial charge in [0.1, 0.15) is 11.5 Å². The van der Waals surface area contributed by atoms with Crippen LogP contribution in [0.5, 0.6) is 23.0 Å². The zero-order valence-corrected chi connectivity index (χ0v) is 14.6. The molecule has 0 N–H and O–H groups in total. The molecule has 0 saturated heterocycles. The summed E-state index contributed by atoms with van der Waals surface area (Å²) >= 11 is 23.4. The second-order valence-electron chi connectivity index (χ2n) is 4.67. The SMILES string of the molecule is O=c1c(Oc2ccc(Cl)c(Cl)c2)c(Oc2ccc(Cl)c(Cl)c2)c1=O. The first-order valence-electron chi connectivity index (χ1n) is 6.46. The molecule has 4 nitrogen and oxygen atoms in total. The summed E-state index contributed by atoms with van der Waals surface area (Å²) in [5.74, 6) is 0.0555. The fraction of sp³-hybridized carbons (Fsp3) is 0. The average molecular weight is 404 g/mol. The molecule has 3 rings (SSSR count). The Morgan fingerprint density at radius 1 is 0.583 bits per heavy atom. The van der Waals surface area contributed by atoms with Crippen LogP contribution in [0.2, 0.25) is 20.1 Å². The Bertz CT molecular complexity index is 925. The summed E-state index contributed by atoms with van der Waals surface area (Å²) in [4.78, 5) is 23.4. The molecule has 0 fully saturated rings. The zero-order chi connectivity index (χ0) is 17.4. The topological polar surface area (TPSA) is 52.6 Å². The first-order valence-corrected chi connectivity index (χ1v) is 7.97. The van der Waals surface area contributed by atoms with E-state index in [-0.39, 0.29) is 33.0 Å². The molecule has 0 aliphatic rings. The second-order valence-corrected chi connectivity index (χ2v) is 6.30. The summed E-state index contributed by atoms with van der Waals surface area (Å²) in [6.45, 7) is 0. The van der Waals surface area contributed by atoms with E-state index < -0.39 is 10.9 Å². The lowest BCUT2D eigenvalue weighted by molar-refractivity contribution is 0.400. The molecule has 3 aromatic carbocycles. The van der Waals surface area contributed by atoms with Crippen molar-refractivity contribution in [1.82, 2.24) is 0 Å². The summed E-state index contributed by atoms with van der Waals surface area (Å²) in [5.41, 5.74) is -1.59. The molecule has 0 bridgehead atoms. The molecular formula is C16H6Cl4O4. The Morgan fingerprint density at radius 2 is 0.958 bits per heavy atom. The smallest absolute Gasteiger partial charge is 0.276 e. The number of rotatable bonds is 4. The third-order valence-electron chi connectivity index (χ3n) is 3.05. The lowest BCUT2D eigenvalue weighted by atomic mass is 10.2. The van der Waals surface area contributed by atoms with Gasteiger partial charge in [0.2, 0.25) is 11.5 Å². The third-order valence-corrected chi connectivity index (χ3v) is 4.52. The van der Waals surface area contributed by atoms with Crippen LogP contribution in [-0.2, 0) is 0 Å². The van der Waals surface area contributed by atoms with Crippen LogP contribution in [0, 0.1) is 0 Å². The standard InChI is InChI=1S/C16H6Cl4O4/c17-9-3-1-7(5-11(9)19)23-15-13(21)14(22)16(15)24-8-2-4-10(18)12(20)6-8/h1-6H. The fourth-order valence-electron chi connectivity index (χ4n) is 1.85. The predicted octanol–water partition coefficient (Wildman–Crippen LogP) is 5.48. The maximum absolute atomic E-state index is 11.7. The summed E-state index contributed by atoms with van der Waals surface area (Å²) in [6.07, 6.45) is 0.